The van der Waals surface area contributed by atoms with Crippen LogP contribution >= 0.6 is 46.1 Å². The van der Waals surface area contributed by atoms with Crippen molar-refractivity contribution in [2.45, 2.75) is 29.2 Å². The van der Waals surface area contributed by atoms with Gasteiger partial charge in [0.1, 0.15) is 0 Å². The molecule has 0 aliphatic carbocycles. The number of sulfone groups is 1. The third kappa shape index (κ3) is 5.12. The Bertz CT molecular complexity index is 1290. The predicted octanol–water partition coefficient (Wildman–Crippen LogP) is 7.23. The number of alkyl halides is 3. The molecule has 12 heteroatoms. The summed E-state index contributed by atoms with van der Waals surface area (Å²) in [4.78, 5) is 6.09. The number of hydrogen-bond donors (Lipinski definition) is 0. The number of thiazole rings is 1. The van der Waals surface area contributed by atoms with E-state index < -0.39 is 31.7 Å². The maximum absolute atomic E-state index is 13.1. The van der Waals surface area contributed by atoms with Gasteiger partial charge in [-0.05, 0) is 49.2 Å². The van der Waals surface area contributed by atoms with Crippen LogP contribution < -0.4 is 4.90 Å². The number of aromatic nitrogens is 1. The molecule has 2 heterocycles. The van der Waals surface area contributed by atoms with E-state index in [1.54, 1.807) is 18.2 Å². The molecule has 0 radical (unpaired) electrons. The van der Waals surface area contributed by atoms with Gasteiger partial charge in [-0.2, -0.15) is 13.2 Å². The van der Waals surface area contributed by atoms with Crippen molar-refractivity contribution >= 4 is 61.1 Å². The zero-order valence-corrected chi connectivity index (χ0v) is 20.6. The zero-order chi connectivity index (χ0) is 24.0. The smallest absolute Gasteiger partial charge is 0.348 e. The average molecular weight is 556 g/mol. The van der Waals surface area contributed by atoms with Crippen LogP contribution in [0.15, 0.2) is 46.7 Å². The SMILES string of the molecule is O=S(=O)(c1cc(C(F)(F)F)ccc1Cl)C1CCN(c2nc(-c3ccc(Cl)cc3Cl)cs2)CC1. The Hall–Kier alpha value is -1.52. The second-order valence-corrected chi connectivity index (χ2v) is 11.8. The Kier molecular flexibility index (Phi) is 6.90. The van der Waals surface area contributed by atoms with Crippen LogP contribution in [0.1, 0.15) is 18.4 Å². The number of rotatable bonds is 4. The lowest BCUT2D eigenvalue weighted by Crippen LogP contribution is -2.39. The minimum Gasteiger partial charge on any atom is -0.348 e. The molecule has 2 aromatic carbocycles. The summed E-state index contributed by atoms with van der Waals surface area (Å²) in [5.74, 6) is 0. The molecule has 1 aromatic heterocycles. The highest BCUT2D eigenvalue weighted by molar-refractivity contribution is 7.92. The van der Waals surface area contributed by atoms with Gasteiger partial charge in [0, 0.05) is 29.1 Å². The largest absolute Gasteiger partial charge is 0.416 e. The van der Waals surface area contributed by atoms with Gasteiger partial charge in [0.2, 0.25) is 0 Å². The summed E-state index contributed by atoms with van der Waals surface area (Å²) in [5, 5.41) is 2.51. The lowest BCUT2D eigenvalue weighted by atomic mass is 10.1. The first-order chi connectivity index (χ1) is 15.5. The van der Waals surface area contributed by atoms with E-state index in [0.29, 0.717) is 40.0 Å². The van der Waals surface area contributed by atoms with Gasteiger partial charge in [0.15, 0.2) is 15.0 Å². The topological polar surface area (TPSA) is 50.3 Å². The molecule has 176 valence electrons. The summed E-state index contributed by atoms with van der Waals surface area (Å²) < 4.78 is 65.4. The summed E-state index contributed by atoms with van der Waals surface area (Å²) in [5.41, 5.74) is 0.376. The fourth-order valence-electron chi connectivity index (χ4n) is 3.67. The Morgan fingerprint density at radius 3 is 2.33 bits per heavy atom. The van der Waals surface area contributed by atoms with Gasteiger partial charge in [-0.3, -0.25) is 0 Å². The summed E-state index contributed by atoms with van der Waals surface area (Å²) in [6.45, 7) is 0.781. The summed E-state index contributed by atoms with van der Waals surface area (Å²) in [6, 6.07) is 7.50. The minimum absolute atomic E-state index is 0.213. The van der Waals surface area contributed by atoms with Crippen LogP contribution in [-0.2, 0) is 16.0 Å². The Labute approximate surface area is 207 Å². The molecule has 4 rings (SSSR count). The van der Waals surface area contributed by atoms with Crippen LogP contribution in [0.4, 0.5) is 18.3 Å². The van der Waals surface area contributed by atoms with Crippen molar-refractivity contribution in [1.82, 2.24) is 4.98 Å². The molecule has 1 saturated heterocycles. The van der Waals surface area contributed by atoms with Crippen molar-refractivity contribution in [1.29, 1.82) is 0 Å². The highest BCUT2D eigenvalue weighted by Crippen LogP contribution is 2.38. The van der Waals surface area contributed by atoms with Crippen LogP contribution in [0.3, 0.4) is 0 Å². The molecule has 1 aliphatic rings. The van der Waals surface area contributed by atoms with E-state index in [-0.39, 0.29) is 17.9 Å². The first-order valence-corrected chi connectivity index (χ1v) is 13.3. The van der Waals surface area contributed by atoms with Crippen molar-refractivity contribution in [3.05, 3.63) is 62.4 Å². The second kappa shape index (κ2) is 9.26. The third-order valence-electron chi connectivity index (χ3n) is 5.42. The average Bonchev–Trinajstić information content (AvgIpc) is 3.23. The van der Waals surface area contributed by atoms with E-state index in [1.807, 2.05) is 10.3 Å². The molecule has 0 bridgehead atoms. The van der Waals surface area contributed by atoms with Crippen molar-refractivity contribution in [2.75, 3.05) is 18.0 Å². The predicted molar refractivity (Wildman–Crippen MR) is 126 cm³/mol. The van der Waals surface area contributed by atoms with E-state index >= 15 is 0 Å². The molecule has 0 unspecified atom stereocenters. The number of hydrogen-bond acceptors (Lipinski definition) is 5. The molecule has 0 saturated carbocycles. The highest BCUT2D eigenvalue weighted by Gasteiger charge is 2.37. The van der Waals surface area contributed by atoms with Crippen LogP contribution in [0.2, 0.25) is 15.1 Å². The molecule has 0 N–H and O–H groups in total. The third-order valence-corrected chi connectivity index (χ3v) is 9.61. The first-order valence-electron chi connectivity index (χ1n) is 9.73. The molecular weight excluding hydrogens is 540 g/mol. The van der Waals surface area contributed by atoms with Gasteiger partial charge in [-0.25, -0.2) is 13.4 Å². The molecular formula is C21H16Cl3F3N2O2S2. The first kappa shape index (κ1) is 24.6. The van der Waals surface area contributed by atoms with Crippen molar-refractivity contribution in [2.24, 2.45) is 0 Å². The van der Waals surface area contributed by atoms with E-state index in [4.69, 9.17) is 34.8 Å². The standard InChI is InChI=1S/C21H16Cl3F3N2O2S2/c22-13-2-3-15(17(24)10-13)18-11-32-20(28-18)29-7-5-14(6-8-29)33(30,31)19-9-12(21(25,26)27)1-4-16(19)23/h1-4,9-11,14H,5-8H2. The monoisotopic (exact) mass is 554 g/mol. The molecule has 0 spiro atoms. The summed E-state index contributed by atoms with van der Waals surface area (Å²) >= 11 is 19.6. The molecule has 0 amide bonds. The van der Waals surface area contributed by atoms with Gasteiger partial charge >= 0.3 is 6.18 Å². The highest BCUT2D eigenvalue weighted by atomic mass is 35.5. The fraction of sp³-hybridized carbons (Fsp3) is 0.286. The zero-order valence-electron chi connectivity index (χ0n) is 16.7. The Morgan fingerprint density at radius 1 is 1.00 bits per heavy atom. The summed E-state index contributed by atoms with van der Waals surface area (Å²) in [7, 11) is -4.03. The van der Waals surface area contributed by atoms with Gasteiger partial charge in [0.25, 0.3) is 0 Å². The van der Waals surface area contributed by atoms with Crippen LogP contribution in [0.5, 0.6) is 0 Å². The van der Waals surface area contributed by atoms with Gasteiger partial charge in [-0.15, -0.1) is 11.3 Å². The Balaban J connectivity index is 1.50. The van der Waals surface area contributed by atoms with Crippen LogP contribution in [0, 0.1) is 0 Å². The summed E-state index contributed by atoms with van der Waals surface area (Å²) in [6.07, 6.45) is -4.18. The maximum Gasteiger partial charge on any atom is 0.416 e. The number of halogens is 6. The van der Waals surface area contributed by atoms with E-state index in [1.165, 1.54) is 11.3 Å². The lowest BCUT2D eigenvalue weighted by Gasteiger charge is -2.31. The molecule has 3 aromatic rings. The molecule has 1 aliphatic heterocycles. The van der Waals surface area contributed by atoms with Crippen molar-refractivity contribution in [3.63, 3.8) is 0 Å². The molecule has 1 fully saturated rings. The lowest BCUT2D eigenvalue weighted by molar-refractivity contribution is -0.137. The second-order valence-electron chi connectivity index (χ2n) is 7.51. The van der Waals surface area contributed by atoms with E-state index in [0.717, 1.165) is 17.7 Å². The number of nitrogens with zero attached hydrogens (tertiary/aromatic N) is 2. The Morgan fingerprint density at radius 2 is 1.70 bits per heavy atom. The molecule has 33 heavy (non-hydrogen) atoms. The van der Waals surface area contributed by atoms with Gasteiger partial charge in [0.05, 0.1) is 31.4 Å². The van der Waals surface area contributed by atoms with Gasteiger partial charge in [-0.1, -0.05) is 34.8 Å². The molecule has 0 atom stereocenters. The van der Waals surface area contributed by atoms with Gasteiger partial charge < -0.3 is 4.90 Å². The fourth-order valence-corrected chi connectivity index (χ4v) is 7.31. The number of anilines is 1. The quantitative estimate of drug-likeness (QED) is 0.341. The van der Waals surface area contributed by atoms with E-state index in [2.05, 4.69) is 4.98 Å². The van der Waals surface area contributed by atoms with Crippen LogP contribution in [0.25, 0.3) is 11.3 Å². The van der Waals surface area contributed by atoms with E-state index in [9.17, 15) is 21.6 Å². The van der Waals surface area contributed by atoms with Crippen molar-refractivity contribution < 1.29 is 21.6 Å². The minimum atomic E-state index is -4.66. The molecule has 4 nitrogen and oxygen atoms in total. The number of piperidine rings is 1. The normalized spacial score (nSPS) is 15.8. The van der Waals surface area contributed by atoms with Crippen LogP contribution in [-0.4, -0.2) is 31.7 Å². The number of benzene rings is 2. The maximum atomic E-state index is 13.1. The van der Waals surface area contributed by atoms with Crippen molar-refractivity contribution in [3.8, 4) is 11.3 Å².